The molecule has 0 unspecified atom stereocenters. The predicted octanol–water partition coefficient (Wildman–Crippen LogP) is 3.87. The van der Waals surface area contributed by atoms with Crippen LogP contribution in [0.5, 0.6) is 5.75 Å². The number of nitrogens with zero attached hydrogens (tertiary/aromatic N) is 1. The third kappa shape index (κ3) is 4.68. The first kappa shape index (κ1) is 21.1. The van der Waals surface area contributed by atoms with E-state index in [1.165, 1.54) is 6.92 Å². The van der Waals surface area contributed by atoms with Crippen LogP contribution in [0.4, 0.5) is 0 Å². The number of hydrogen-bond donors (Lipinski definition) is 1. The van der Waals surface area contributed by atoms with Gasteiger partial charge < -0.3 is 19.3 Å². The van der Waals surface area contributed by atoms with E-state index in [9.17, 15) is 9.59 Å². The van der Waals surface area contributed by atoms with Crippen molar-refractivity contribution < 1.29 is 23.6 Å². The number of carbonyl (C=O) groups is 2. The second kappa shape index (κ2) is 9.26. The molecule has 1 aromatic heterocycles. The highest BCUT2D eigenvalue weighted by atomic mass is 16.5. The minimum atomic E-state index is -0.959. The van der Waals surface area contributed by atoms with Crippen LogP contribution in [-0.2, 0) is 16.1 Å². The van der Waals surface area contributed by atoms with E-state index in [1.807, 2.05) is 31.2 Å². The van der Waals surface area contributed by atoms with Gasteiger partial charge in [-0.1, -0.05) is 35.5 Å². The van der Waals surface area contributed by atoms with Crippen molar-refractivity contribution in [1.29, 1.82) is 0 Å². The van der Waals surface area contributed by atoms with Crippen molar-refractivity contribution >= 4 is 22.6 Å². The van der Waals surface area contributed by atoms with Crippen LogP contribution in [0.25, 0.3) is 10.8 Å². The van der Waals surface area contributed by atoms with Crippen LogP contribution in [-0.4, -0.2) is 29.7 Å². The molecular formula is C23H24N2O5. The molecule has 3 aromatic rings. The summed E-state index contributed by atoms with van der Waals surface area (Å²) in [5.74, 6) is -0.0275. The fourth-order valence-corrected chi connectivity index (χ4v) is 2.95. The number of carbonyl (C=O) groups excluding carboxylic acids is 2. The summed E-state index contributed by atoms with van der Waals surface area (Å²) in [5.41, 5.74) is 1.79. The summed E-state index contributed by atoms with van der Waals surface area (Å²) in [5, 5.41) is 8.30. The van der Waals surface area contributed by atoms with Crippen LogP contribution in [0, 0.1) is 13.8 Å². The van der Waals surface area contributed by atoms with Gasteiger partial charge in [0.15, 0.2) is 6.10 Å². The molecule has 0 saturated carbocycles. The van der Waals surface area contributed by atoms with E-state index in [0.29, 0.717) is 18.1 Å². The van der Waals surface area contributed by atoms with Gasteiger partial charge in [0, 0.05) is 6.54 Å². The first-order valence-corrected chi connectivity index (χ1v) is 9.57. The SMILES string of the molecule is C=CCNC(=O)[C@H](C)OC(=O)c1cc2ccccc2cc1OCc1c(C)noc1C. The molecule has 7 heteroatoms. The number of nitrogens with one attached hydrogen (secondary N) is 1. The number of fused-ring (bicyclic) bond motifs is 1. The predicted molar refractivity (Wildman–Crippen MR) is 112 cm³/mol. The molecule has 0 aliphatic heterocycles. The third-order valence-electron chi connectivity index (χ3n) is 4.69. The molecule has 0 bridgehead atoms. The maximum atomic E-state index is 12.9. The molecule has 2 aromatic carbocycles. The van der Waals surface area contributed by atoms with E-state index < -0.39 is 18.0 Å². The average Bonchev–Trinajstić information content (AvgIpc) is 3.06. The maximum absolute atomic E-state index is 12.9. The Morgan fingerprint density at radius 2 is 1.93 bits per heavy atom. The highest BCUT2D eigenvalue weighted by molar-refractivity contribution is 5.99. The van der Waals surface area contributed by atoms with Crippen LogP contribution in [0.15, 0.2) is 53.6 Å². The van der Waals surface area contributed by atoms with Crippen molar-refractivity contribution in [2.24, 2.45) is 0 Å². The largest absolute Gasteiger partial charge is 0.488 e. The van der Waals surface area contributed by atoms with E-state index in [2.05, 4.69) is 17.1 Å². The van der Waals surface area contributed by atoms with Crippen molar-refractivity contribution in [3.63, 3.8) is 0 Å². The van der Waals surface area contributed by atoms with Gasteiger partial charge in [0.2, 0.25) is 0 Å². The smallest absolute Gasteiger partial charge is 0.342 e. The minimum Gasteiger partial charge on any atom is -0.488 e. The van der Waals surface area contributed by atoms with Gasteiger partial charge in [-0.15, -0.1) is 6.58 Å². The van der Waals surface area contributed by atoms with Crippen molar-refractivity contribution in [2.45, 2.75) is 33.5 Å². The molecule has 7 nitrogen and oxygen atoms in total. The van der Waals surface area contributed by atoms with Crippen LogP contribution < -0.4 is 10.1 Å². The molecule has 0 aliphatic carbocycles. The Bertz CT molecular complexity index is 1070. The number of aryl methyl sites for hydroxylation is 2. The highest BCUT2D eigenvalue weighted by Crippen LogP contribution is 2.28. The molecule has 3 rings (SSSR count). The summed E-state index contributed by atoms with van der Waals surface area (Å²) in [4.78, 5) is 24.9. The molecule has 0 fully saturated rings. The van der Waals surface area contributed by atoms with E-state index in [1.54, 1.807) is 25.1 Å². The zero-order valence-corrected chi connectivity index (χ0v) is 17.2. The first-order valence-electron chi connectivity index (χ1n) is 9.57. The van der Waals surface area contributed by atoms with Gasteiger partial charge in [-0.25, -0.2) is 4.79 Å². The van der Waals surface area contributed by atoms with Crippen molar-refractivity contribution in [3.8, 4) is 5.75 Å². The summed E-state index contributed by atoms with van der Waals surface area (Å²) in [6.07, 6.45) is 0.593. The lowest BCUT2D eigenvalue weighted by molar-refractivity contribution is -0.128. The Morgan fingerprint density at radius 1 is 1.23 bits per heavy atom. The second-order valence-corrected chi connectivity index (χ2v) is 6.87. The Kier molecular flexibility index (Phi) is 6.51. The van der Waals surface area contributed by atoms with Gasteiger partial charge in [0.05, 0.1) is 11.3 Å². The highest BCUT2D eigenvalue weighted by Gasteiger charge is 2.22. The van der Waals surface area contributed by atoms with Crippen LogP contribution in [0.1, 0.15) is 34.3 Å². The lowest BCUT2D eigenvalue weighted by Crippen LogP contribution is -2.35. The molecule has 0 radical (unpaired) electrons. The van der Waals surface area contributed by atoms with E-state index in [0.717, 1.165) is 22.0 Å². The summed E-state index contributed by atoms with van der Waals surface area (Å²) in [6.45, 7) is 9.18. The standard InChI is InChI=1S/C23H24N2O5/c1-5-10-24-22(26)16(4)29-23(27)19-11-17-8-6-7-9-18(17)12-21(19)28-13-20-14(2)25-30-15(20)3/h5-9,11-12,16H,1,10,13H2,2-4H3,(H,24,26)/t16-/m0/s1. The number of rotatable bonds is 8. The van der Waals surface area contributed by atoms with E-state index in [4.69, 9.17) is 14.0 Å². The van der Waals surface area contributed by atoms with Crippen LogP contribution >= 0.6 is 0 Å². The van der Waals surface area contributed by atoms with Gasteiger partial charge in [0.25, 0.3) is 5.91 Å². The fourth-order valence-electron chi connectivity index (χ4n) is 2.95. The number of ether oxygens (including phenoxy) is 2. The molecule has 0 saturated heterocycles. The third-order valence-corrected chi connectivity index (χ3v) is 4.69. The number of benzene rings is 2. The monoisotopic (exact) mass is 408 g/mol. The number of aromatic nitrogens is 1. The molecule has 1 amide bonds. The molecule has 30 heavy (non-hydrogen) atoms. The lowest BCUT2D eigenvalue weighted by Gasteiger charge is -2.16. The van der Waals surface area contributed by atoms with Crippen molar-refractivity contribution in [2.75, 3.05) is 6.54 Å². The van der Waals surface area contributed by atoms with Crippen molar-refractivity contribution in [3.05, 3.63) is 71.6 Å². The second-order valence-electron chi connectivity index (χ2n) is 6.87. The number of hydrogen-bond acceptors (Lipinski definition) is 6. The summed E-state index contributed by atoms with van der Waals surface area (Å²) in [7, 11) is 0. The summed E-state index contributed by atoms with van der Waals surface area (Å²) < 4.78 is 16.5. The topological polar surface area (TPSA) is 90.7 Å². The molecule has 156 valence electrons. The van der Waals surface area contributed by atoms with Crippen LogP contribution in [0.3, 0.4) is 0 Å². The molecule has 1 N–H and O–H groups in total. The maximum Gasteiger partial charge on any atom is 0.342 e. The Labute approximate surface area is 174 Å². The molecular weight excluding hydrogens is 384 g/mol. The molecule has 0 spiro atoms. The Balaban J connectivity index is 1.87. The zero-order chi connectivity index (χ0) is 21.7. The van der Waals surface area contributed by atoms with Gasteiger partial charge in [-0.3, -0.25) is 4.79 Å². The Morgan fingerprint density at radius 3 is 2.57 bits per heavy atom. The number of amides is 1. The average molecular weight is 408 g/mol. The van der Waals surface area contributed by atoms with Gasteiger partial charge in [0.1, 0.15) is 23.7 Å². The van der Waals surface area contributed by atoms with Gasteiger partial charge in [-0.2, -0.15) is 0 Å². The number of esters is 1. The minimum absolute atomic E-state index is 0.190. The lowest BCUT2D eigenvalue weighted by atomic mass is 10.1. The zero-order valence-electron chi connectivity index (χ0n) is 17.2. The summed E-state index contributed by atoms with van der Waals surface area (Å²) in [6, 6.07) is 11.1. The van der Waals surface area contributed by atoms with Crippen molar-refractivity contribution in [1.82, 2.24) is 10.5 Å². The normalized spacial score (nSPS) is 11.7. The van der Waals surface area contributed by atoms with E-state index in [-0.39, 0.29) is 12.2 Å². The van der Waals surface area contributed by atoms with Crippen LogP contribution in [0.2, 0.25) is 0 Å². The first-order chi connectivity index (χ1) is 14.4. The molecule has 1 heterocycles. The summed E-state index contributed by atoms with van der Waals surface area (Å²) >= 11 is 0. The van der Waals surface area contributed by atoms with Gasteiger partial charge >= 0.3 is 5.97 Å². The quantitative estimate of drug-likeness (QED) is 0.449. The Hall–Kier alpha value is -3.61. The van der Waals surface area contributed by atoms with E-state index >= 15 is 0 Å². The fraction of sp³-hybridized carbons (Fsp3) is 0.261. The molecule has 0 aliphatic rings. The molecule has 1 atom stereocenters. The van der Waals surface area contributed by atoms with Gasteiger partial charge in [-0.05, 0) is 43.7 Å².